The molecule has 10 rings (SSSR count). The van der Waals surface area contributed by atoms with E-state index in [4.69, 9.17) is 9.97 Å². The van der Waals surface area contributed by atoms with Crippen molar-refractivity contribution in [3.05, 3.63) is 128 Å². The van der Waals surface area contributed by atoms with E-state index < -0.39 is 0 Å². The molecule has 0 aliphatic heterocycles. The number of allylic oxidation sites excluding steroid dienone is 1. The van der Waals surface area contributed by atoms with E-state index in [-0.39, 0.29) is 0 Å². The Kier molecular flexibility index (Phi) is 10.5. The van der Waals surface area contributed by atoms with Gasteiger partial charge in [0, 0.05) is 47.8 Å². The Balaban J connectivity index is 0.000000158. The van der Waals surface area contributed by atoms with E-state index in [2.05, 4.69) is 83.0 Å². The average Bonchev–Trinajstić information content (AvgIpc) is 4.05. The minimum atomic E-state index is 0.541. The minimum absolute atomic E-state index is 0.541. The third kappa shape index (κ3) is 7.65. The lowest BCUT2D eigenvalue weighted by atomic mass is 10.1. The molecule has 0 aliphatic rings. The smallest absolute Gasteiger partial charge is 0.135 e. The SMILES string of the molecule is C=C(CC(C)C)Nc1cncc(-c2ccc3[nH]nc(-c4cc5ncccc5[nH]4)c3n2)c1.CC.Cc1ccncc1-c1ccc2[nH]nc(-c3cc4ncccc4[nH]3)c2n1. The molecule has 0 aliphatic carbocycles. The van der Waals surface area contributed by atoms with Gasteiger partial charge >= 0.3 is 0 Å². The molecule has 0 unspecified atom stereocenters. The van der Waals surface area contributed by atoms with Gasteiger partial charge in [-0.3, -0.25) is 30.1 Å². The second-order valence-corrected chi connectivity index (χ2v) is 14.0. The summed E-state index contributed by atoms with van der Waals surface area (Å²) in [5.41, 5.74) is 17.2. The summed E-state index contributed by atoms with van der Waals surface area (Å²) in [6, 6.07) is 23.8. The summed E-state index contributed by atoms with van der Waals surface area (Å²) < 4.78 is 0. The van der Waals surface area contributed by atoms with Crippen molar-refractivity contribution >= 4 is 49.8 Å². The summed E-state index contributed by atoms with van der Waals surface area (Å²) in [6.45, 7) is 14.5. The number of aromatic amines is 4. The van der Waals surface area contributed by atoms with Crippen LogP contribution in [-0.4, -0.2) is 60.3 Å². The topological polar surface area (TPSA) is 178 Å². The molecule has 288 valence electrons. The monoisotopic (exact) mass is 765 g/mol. The molecule has 0 saturated carbocycles. The second-order valence-electron chi connectivity index (χ2n) is 14.0. The molecule has 10 aromatic rings. The van der Waals surface area contributed by atoms with E-state index in [0.29, 0.717) is 5.92 Å². The Labute approximate surface area is 334 Å². The second kappa shape index (κ2) is 16.3. The molecule has 10 heterocycles. The number of fused-ring (bicyclic) bond motifs is 4. The zero-order valence-electron chi connectivity index (χ0n) is 33.0. The molecule has 0 aromatic carbocycles. The standard InChI is InChI=1S/C24H23N7.C19H14N6.C2H6/c1-14(2)9-15(3)27-17-10-16(12-25-13-17)18-6-7-20-23(29-18)24(31-30-20)22-11-21-19(28-22)5-4-8-26-21;1-11-6-8-20-10-12(11)13-4-5-15-18(23-13)19(25-24-15)17-9-16-14(22-17)3-2-7-21-16;1-2/h4-8,10-14,27-28H,3,9H2,1-2H3,(H,30,31);2-10,22H,1H3,(H,24,25);1-2H3. The lowest BCUT2D eigenvalue weighted by Crippen LogP contribution is -2.02. The van der Waals surface area contributed by atoms with Crippen molar-refractivity contribution in [2.24, 2.45) is 5.92 Å². The van der Waals surface area contributed by atoms with Gasteiger partial charge in [-0.25, -0.2) is 9.97 Å². The molecule has 0 fully saturated rings. The third-order valence-electron chi connectivity index (χ3n) is 9.43. The molecule has 13 nitrogen and oxygen atoms in total. The van der Waals surface area contributed by atoms with Crippen LogP contribution in [0.15, 0.2) is 122 Å². The van der Waals surface area contributed by atoms with E-state index in [9.17, 15) is 0 Å². The van der Waals surface area contributed by atoms with Crippen LogP contribution in [0.2, 0.25) is 0 Å². The molecule has 13 heteroatoms. The van der Waals surface area contributed by atoms with Crippen molar-refractivity contribution in [1.82, 2.24) is 60.3 Å². The molecule has 5 N–H and O–H groups in total. The minimum Gasteiger partial charge on any atom is -0.358 e. The predicted molar refractivity (Wildman–Crippen MR) is 233 cm³/mol. The van der Waals surface area contributed by atoms with E-state index in [1.807, 2.05) is 99.0 Å². The van der Waals surface area contributed by atoms with Crippen LogP contribution in [-0.2, 0) is 0 Å². The van der Waals surface area contributed by atoms with Gasteiger partial charge in [0.25, 0.3) is 0 Å². The maximum absolute atomic E-state index is 4.90. The number of anilines is 1. The van der Waals surface area contributed by atoms with Gasteiger partial charge in [0.2, 0.25) is 0 Å². The van der Waals surface area contributed by atoms with Crippen LogP contribution in [0, 0.1) is 12.8 Å². The first-order valence-corrected chi connectivity index (χ1v) is 19.3. The van der Waals surface area contributed by atoms with Crippen molar-refractivity contribution in [1.29, 1.82) is 0 Å². The van der Waals surface area contributed by atoms with E-state index in [0.717, 1.165) is 113 Å². The summed E-state index contributed by atoms with van der Waals surface area (Å²) in [5, 5.41) is 18.4. The first-order chi connectivity index (χ1) is 28.4. The molecule has 0 atom stereocenters. The van der Waals surface area contributed by atoms with Crippen LogP contribution in [0.4, 0.5) is 5.69 Å². The zero-order valence-corrected chi connectivity index (χ0v) is 33.0. The quantitative estimate of drug-likeness (QED) is 0.101. The van der Waals surface area contributed by atoms with E-state index in [1.165, 1.54) is 0 Å². The van der Waals surface area contributed by atoms with Crippen LogP contribution in [0.25, 0.3) is 89.4 Å². The molecule has 0 amide bonds. The zero-order chi connectivity index (χ0) is 40.2. The van der Waals surface area contributed by atoms with Gasteiger partial charge in [0.05, 0.1) is 67.8 Å². The lowest BCUT2D eigenvalue weighted by molar-refractivity contribution is 0.645. The fourth-order valence-electron chi connectivity index (χ4n) is 6.78. The highest BCUT2D eigenvalue weighted by Gasteiger charge is 2.16. The van der Waals surface area contributed by atoms with Gasteiger partial charge in [-0.1, -0.05) is 34.3 Å². The lowest BCUT2D eigenvalue weighted by Gasteiger charge is -2.12. The van der Waals surface area contributed by atoms with Crippen molar-refractivity contribution in [2.45, 2.75) is 41.0 Å². The van der Waals surface area contributed by atoms with Gasteiger partial charge in [0.15, 0.2) is 0 Å². The van der Waals surface area contributed by atoms with Crippen LogP contribution >= 0.6 is 0 Å². The molecule has 0 spiro atoms. The van der Waals surface area contributed by atoms with Crippen molar-refractivity contribution < 1.29 is 0 Å². The van der Waals surface area contributed by atoms with Gasteiger partial charge in [-0.05, 0) is 97.6 Å². The third-order valence-corrected chi connectivity index (χ3v) is 9.43. The summed E-state index contributed by atoms with van der Waals surface area (Å²) in [7, 11) is 0. The fraction of sp³-hybridized carbons (Fsp3) is 0.156. The van der Waals surface area contributed by atoms with Gasteiger partial charge in [-0.2, -0.15) is 10.2 Å². The maximum atomic E-state index is 4.90. The fourth-order valence-corrected chi connectivity index (χ4v) is 6.78. The summed E-state index contributed by atoms with van der Waals surface area (Å²) in [6.07, 6.45) is 11.7. The molecule has 58 heavy (non-hydrogen) atoms. The van der Waals surface area contributed by atoms with Gasteiger partial charge in [0.1, 0.15) is 22.4 Å². The van der Waals surface area contributed by atoms with Gasteiger partial charge in [-0.15, -0.1) is 0 Å². The van der Waals surface area contributed by atoms with Gasteiger partial charge < -0.3 is 15.3 Å². The van der Waals surface area contributed by atoms with Crippen LogP contribution in [0.1, 0.15) is 39.7 Å². The summed E-state index contributed by atoms with van der Waals surface area (Å²) in [4.78, 5) is 33.9. The van der Waals surface area contributed by atoms with E-state index in [1.54, 1.807) is 24.8 Å². The Morgan fingerprint density at radius 1 is 0.672 bits per heavy atom. The Hall–Kier alpha value is -7.54. The van der Waals surface area contributed by atoms with Crippen molar-refractivity contribution in [3.63, 3.8) is 0 Å². The number of rotatable bonds is 8. The number of aryl methyl sites for hydroxylation is 1. The normalized spacial score (nSPS) is 11.1. The first kappa shape index (κ1) is 37.4. The number of H-pyrrole nitrogens is 4. The highest BCUT2D eigenvalue weighted by molar-refractivity contribution is 5.94. The highest BCUT2D eigenvalue weighted by atomic mass is 15.1. The van der Waals surface area contributed by atoms with Crippen molar-refractivity contribution in [3.8, 4) is 45.3 Å². The number of nitrogens with zero attached hydrogens (tertiary/aromatic N) is 8. The maximum Gasteiger partial charge on any atom is 0.135 e. The number of pyridine rings is 6. The summed E-state index contributed by atoms with van der Waals surface area (Å²) in [5.74, 6) is 0.541. The van der Waals surface area contributed by atoms with Crippen molar-refractivity contribution in [2.75, 3.05) is 5.32 Å². The number of aromatic nitrogens is 12. The number of hydrogen-bond acceptors (Lipinski definition) is 9. The molecular weight excluding hydrogens is 723 g/mol. The Morgan fingerprint density at radius 3 is 1.86 bits per heavy atom. The highest BCUT2D eigenvalue weighted by Crippen LogP contribution is 2.31. The van der Waals surface area contributed by atoms with E-state index >= 15 is 0 Å². The average molecular weight is 766 g/mol. The molecule has 10 aromatic heterocycles. The van der Waals surface area contributed by atoms with Crippen LogP contribution < -0.4 is 5.32 Å². The molecule has 0 saturated heterocycles. The van der Waals surface area contributed by atoms with Crippen LogP contribution in [0.3, 0.4) is 0 Å². The largest absolute Gasteiger partial charge is 0.358 e. The van der Waals surface area contributed by atoms with Crippen LogP contribution in [0.5, 0.6) is 0 Å². The number of hydrogen-bond donors (Lipinski definition) is 5. The first-order valence-electron chi connectivity index (χ1n) is 19.3. The predicted octanol–water partition coefficient (Wildman–Crippen LogP) is 10.4. The Bertz CT molecular complexity index is 2950. The number of nitrogens with one attached hydrogen (secondary N) is 5. The molecular formula is C45H43N13. The molecule has 0 bridgehead atoms. The molecule has 0 radical (unpaired) electrons. The Morgan fingerprint density at radius 2 is 1.28 bits per heavy atom. The summed E-state index contributed by atoms with van der Waals surface area (Å²) >= 11 is 0.